The summed E-state index contributed by atoms with van der Waals surface area (Å²) in [6.45, 7) is 1.96. The lowest BCUT2D eigenvalue weighted by atomic mass is 10.1. The van der Waals surface area contributed by atoms with Gasteiger partial charge in [0.05, 0.1) is 34.6 Å². The third-order valence-electron chi connectivity index (χ3n) is 4.31. The standard InChI is InChI=1S/C21H18BrClN6O4/c1-12-8-13(11-24)9-15(26-21(31)33-7-6-32-2)18(12)27-20(30)16-10-17(22)28-29(16)19-14(23)4-3-5-25-19/h3-5,8-10H,6-7H2,1-2H3,(H,26,31)(H,27,30). The van der Waals surface area contributed by atoms with Gasteiger partial charge in [0.1, 0.15) is 16.9 Å². The van der Waals surface area contributed by atoms with Crippen molar-refractivity contribution >= 4 is 50.9 Å². The third-order valence-corrected chi connectivity index (χ3v) is 4.99. The first kappa shape index (κ1) is 24.2. The molecule has 10 nitrogen and oxygen atoms in total. The molecule has 2 N–H and O–H groups in total. The number of ether oxygens (including phenoxy) is 2. The highest BCUT2D eigenvalue weighted by atomic mass is 79.9. The minimum atomic E-state index is -0.759. The fourth-order valence-corrected chi connectivity index (χ4v) is 3.44. The van der Waals surface area contributed by atoms with Gasteiger partial charge in [-0.25, -0.2) is 14.5 Å². The molecule has 33 heavy (non-hydrogen) atoms. The number of methoxy groups -OCH3 is 1. The van der Waals surface area contributed by atoms with Crippen LogP contribution in [-0.2, 0) is 9.47 Å². The lowest BCUT2D eigenvalue weighted by Gasteiger charge is -2.16. The lowest BCUT2D eigenvalue weighted by Crippen LogP contribution is -2.21. The molecule has 0 aliphatic rings. The normalized spacial score (nSPS) is 10.4. The molecule has 2 amide bonds. The molecule has 0 aliphatic carbocycles. The summed E-state index contributed by atoms with van der Waals surface area (Å²) in [5, 5.41) is 19.2. The fourth-order valence-electron chi connectivity index (χ4n) is 2.87. The van der Waals surface area contributed by atoms with E-state index in [9.17, 15) is 14.9 Å². The number of benzene rings is 1. The monoisotopic (exact) mass is 532 g/mol. The maximum absolute atomic E-state index is 13.2. The molecule has 0 aliphatic heterocycles. The van der Waals surface area contributed by atoms with Gasteiger partial charge in [-0.15, -0.1) is 0 Å². The zero-order chi connectivity index (χ0) is 24.0. The second-order valence-electron chi connectivity index (χ2n) is 6.61. The number of amides is 2. The number of rotatable bonds is 7. The van der Waals surface area contributed by atoms with Gasteiger partial charge in [-0.3, -0.25) is 10.1 Å². The molecule has 0 spiro atoms. The Hall–Kier alpha value is -3.46. The highest BCUT2D eigenvalue weighted by molar-refractivity contribution is 9.10. The molecule has 0 bridgehead atoms. The van der Waals surface area contributed by atoms with Crippen molar-refractivity contribution in [1.82, 2.24) is 14.8 Å². The van der Waals surface area contributed by atoms with Gasteiger partial charge in [0.25, 0.3) is 5.91 Å². The van der Waals surface area contributed by atoms with Crippen LogP contribution in [0.1, 0.15) is 21.6 Å². The van der Waals surface area contributed by atoms with Crippen LogP contribution in [0.5, 0.6) is 0 Å². The number of pyridine rings is 1. The number of halogens is 2. The Kier molecular flexibility index (Phi) is 8.00. The highest BCUT2D eigenvalue weighted by Crippen LogP contribution is 2.29. The topological polar surface area (TPSA) is 131 Å². The summed E-state index contributed by atoms with van der Waals surface area (Å²) in [6, 6.07) is 9.83. The zero-order valence-corrected chi connectivity index (χ0v) is 19.9. The Bertz CT molecular complexity index is 1240. The van der Waals surface area contributed by atoms with E-state index in [-0.39, 0.29) is 30.4 Å². The zero-order valence-electron chi connectivity index (χ0n) is 17.6. The van der Waals surface area contributed by atoms with Crippen molar-refractivity contribution in [2.24, 2.45) is 0 Å². The summed E-state index contributed by atoms with van der Waals surface area (Å²) < 4.78 is 11.6. The van der Waals surface area contributed by atoms with Crippen LogP contribution >= 0.6 is 27.5 Å². The Labute approximate surface area is 202 Å². The molecule has 0 unspecified atom stereocenters. The fraction of sp³-hybridized carbons (Fsp3) is 0.190. The van der Waals surface area contributed by atoms with Gasteiger partial charge in [0, 0.05) is 19.4 Å². The van der Waals surface area contributed by atoms with Crippen molar-refractivity contribution in [1.29, 1.82) is 5.26 Å². The van der Waals surface area contributed by atoms with Crippen molar-refractivity contribution in [2.45, 2.75) is 6.92 Å². The van der Waals surface area contributed by atoms with Crippen molar-refractivity contribution in [2.75, 3.05) is 31.0 Å². The number of nitrogens with zero attached hydrogens (tertiary/aromatic N) is 4. The molecule has 2 aromatic heterocycles. The van der Waals surface area contributed by atoms with E-state index >= 15 is 0 Å². The quantitative estimate of drug-likeness (QED) is 0.433. The van der Waals surface area contributed by atoms with Gasteiger partial charge in [-0.2, -0.15) is 10.4 Å². The van der Waals surface area contributed by atoms with Gasteiger partial charge in [0.2, 0.25) is 0 Å². The number of nitriles is 1. The summed E-state index contributed by atoms with van der Waals surface area (Å²) in [6.07, 6.45) is 0.769. The van der Waals surface area contributed by atoms with Gasteiger partial charge in [-0.05, 0) is 52.7 Å². The summed E-state index contributed by atoms with van der Waals surface area (Å²) in [5.41, 5.74) is 1.48. The molecule has 3 aromatic rings. The Morgan fingerprint density at radius 2 is 2.06 bits per heavy atom. The van der Waals surface area contributed by atoms with Gasteiger partial charge >= 0.3 is 6.09 Å². The molecular formula is C21H18BrClN6O4. The molecule has 0 saturated carbocycles. The number of aromatic nitrogens is 3. The van der Waals surface area contributed by atoms with E-state index in [4.69, 9.17) is 21.1 Å². The molecule has 2 heterocycles. The van der Waals surface area contributed by atoms with E-state index in [0.29, 0.717) is 26.4 Å². The number of hydrogen-bond acceptors (Lipinski definition) is 7. The van der Waals surface area contributed by atoms with Crippen LogP contribution < -0.4 is 10.6 Å². The molecular weight excluding hydrogens is 516 g/mol. The van der Waals surface area contributed by atoms with E-state index < -0.39 is 12.0 Å². The van der Waals surface area contributed by atoms with E-state index in [1.807, 2.05) is 6.07 Å². The summed E-state index contributed by atoms with van der Waals surface area (Å²) in [7, 11) is 1.48. The smallest absolute Gasteiger partial charge is 0.411 e. The van der Waals surface area contributed by atoms with Gasteiger partial charge in [0.15, 0.2) is 5.82 Å². The van der Waals surface area contributed by atoms with Crippen LogP contribution in [0, 0.1) is 18.3 Å². The Morgan fingerprint density at radius 3 is 2.76 bits per heavy atom. The van der Waals surface area contributed by atoms with Crippen LogP contribution in [-0.4, -0.2) is 47.1 Å². The Morgan fingerprint density at radius 1 is 1.27 bits per heavy atom. The van der Waals surface area contributed by atoms with E-state index in [0.717, 1.165) is 0 Å². The van der Waals surface area contributed by atoms with Gasteiger partial charge < -0.3 is 14.8 Å². The van der Waals surface area contributed by atoms with Crippen molar-refractivity contribution in [3.05, 3.63) is 63.0 Å². The first-order valence-electron chi connectivity index (χ1n) is 9.49. The lowest BCUT2D eigenvalue weighted by molar-refractivity contribution is 0.101. The van der Waals surface area contributed by atoms with Crippen molar-refractivity contribution in [3.63, 3.8) is 0 Å². The summed E-state index contributed by atoms with van der Waals surface area (Å²) in [5.74, 6) is -0.273. The molecule has 1 aromatic carbocycles. The van der Waals surface area contributed by atoms with Crippen LogP contribution in [0.3, 0.4) is 0 Å². The number of anilines is 2. The van der Waals surface area contributed by atoms with E-state index in [2.05, 4.69) is 36.6 Å². The van der Waals surface area contributed by atoms with Crippen LogP contribution in [0.25, 0.3) is 5.82 Å². The number of hydrogen-bond donors (Lipinski definition) is 2. The minimum absolute atomic E-state index is 0.0407. The molecule has 0 atom stereocenters. The number of carbonyl (C=O) groups excluding carboxylic acids is 2. The van der Waals surface area contributed by atoms with E-state index in [1.54, 1.807) is 25.1 Å². The van der Waals surface area contributed by atoms with Crippen LogP contribution in [0.4, 0.5) is 16.2 Å². The molecule has 0 fully saturated rings. The largest absolute Gasteiger partial charge is 0.447 e. The predicted octanol–water partition coefficient (Wildman–Crippen LogP) is 4.31. The summed E-state index contributed by atoms with van der Waals surface area (Å²) in [4.78, 5) is 29.6. The SMILES string of the molecule is COCCOC(=O)Nc1cc(C#N)cc(C)c1NC(=O)c1cc(Br)nn1-c1ncccc1Cl. The summed E-state index contributed by atoms with van der Waals surface area (Å²) >= 11 is 9.49. The van der Waals surface area contributed by atoms with Gasteiger partial charge in [-0.1, -0.05) is 11.6 Å². The number of carbonyl (C=O) groups is 2. The first-order chi connectivity index (χ1) is 15.8. The second kappa shape index (κ2) is 10.9. The molecule has 0 radical (unpaired) electrons. The molecule has 3 rings (SSSR count). The molecule has 0 saturated heterocycles. The predicted molar refractivity (Wildman–Crippen MR) is 125 cm³/mol. The maximum atomic E-state index is 13.2. The Balaban J connectivity index is 1.94. The molecule has 12 heteroatoms. The van der Waals surface area contributed by atoms with Crippen molar-refractivity contribution < 1.29 is 19.1 Å². The average Bonchev–Trinajstić information content (AvgIpc) is 3.17. The number of aryl methyl sites for hydroxylation is 1. The second-order valence-corrected chi connectivity index (χ2v) is 7.83. The van der Waals surface area contributed by atoms with Crippen molar-refractivity contribution in [3.8, 4) is 11.9 Å². The average molecular weight is 534 g/mol. The van der Waals surface area contributed by atoms with Crippen LogP contribution in [0.15, 0.2) is 41.1 Å². The van der Waals surface area contributed by atoms with E-state index in [1.165, 1.54) is 30.1 Å². The van der Waals surface area contributed by atoms with Crippen LogP contribution in [0.2, 0.25) is 5.02 Å². The first-order valence-corrected chi connectivity index (χ1v) is 10.7. The highest BCUT2D eigenvalue weighted by Gasteiger charge is 2.21. The third kappa shape index (κ3) is 5.87. The maximum Gasteiger partial charge on any atom is 0.411 e. The number of nitrogens with one attached hydrogen (secondary N) is 2. The molecule has 170 valence electrons. The minimum Gasteiger partial charge on any atom is -0.447 e.